The second-order valence-electron chi connectivity index (χ2n) is 4.38. The smallest absolute Gasteiger partial charge is 0.434 e. The van der Waals surface area contributed by atoms with Crippen LogP contribution in [0.25, 0.3) is 21.5 Å². The maximum Gasteiger partial charge on any atom is 0.434 e. The maximum absolute atomic E-state index is 14.7. The molecule has 0 fully saturated rings. The van der Waals surface area contributed by atoms with Crippen LogP contribution in [0.4, 0.5) is 17.6 Å². The molecule has 114 valence electrons. The van der Waals surface area contributed by atoms with Crippen LogP contribution in [0.2, 0.25) is 0 Å². The van der Waals surface area contributed by atoms with Gasteiger partial charge in [-0.05, 0) is 12.1 Å². The van der Waals surface area contributed by atoms with Gasteiger partial charge in [-0.2, -0.15) is 13.2 Å². The number of fused-ring (bicyclic) bond motifs is 1. The van der Waals surface area contributed by atoms with E-state index in [0.717, 1.165) is 5.38 Å². The molecular formula is C14H8F4N2OS. The molecule has 0 atom stereocenters. The number of nitrogens with zero attached hydrogens (tertiary/aromatic N) is 2. The number of rotatable bonds is 2. The molecule has 3 nitrogen and oxygen atoms in total. The fraction of sp³-hybridized carbons (Fsp3) is 0.143. The zero-order valence-electron chi connectivity index (χ0n) is 11.1. The molecule has 2 aromatic heterocycles. The van der Waals surface area contributed by atoms with Crippen molar-refractivity contribution in [2.24, 2.45) is 0 Å². The van der Waals surface area contributed by atoms with Gasteiger partial charge >= 0.3 is 6.18 Å². The van der Waals surface area contributed by atoms with Crippen LogP contribution in [0.5, 0.6) is 5.75 Å². The number of hydrogen-bond donors (Lipinski definition) is 0. The number of methoxy groups -OCH3 is 1. The lowest BCUT2D eigenvalue weighted by atomic mass is 10.1. The van der Waals surface area contributed by atoms with E-state index in [0.29, 0.717) is 16.9 Å². The molecule has 0 saturated carbocycles. The van der Waals surface area contributed by atoms with Crippen molar-refractivity contribution >= 4 is 22.2 Å². The number of ether oxygens (including phenoxy) is 1. The molecule has 0 amide bonds. The molecule has 0 bridgehead atoms. The Bertz CT molecular complexity index is 844. The van der Waals surface area contributed by atoms with Crippen molar-refractivity contribution in [2.75, 3.05) is 7.11 Å². The Balaban J connectivity index is 2.20. The molecule has 3 rings (SSSR count). The van der Waals surface area contributed by atoms with Crippen molar-refractivity contribution < 1.29 is 22.3 Å². The Kier molecular flexibility index (Phi) is 3.48. The highest BCUT2D eigenvalue weighted by Crippen LogP contribution is 2.37. The van der Waals surface area contributed by atoms with E-state index in [1.165, 1.54) is 13.3 Å². The van der Waals surface area contributed by atoms with E-state index >= 15 is 0 Å². The Labute approximate surface area is 126 Å². The van der Waals surface area contributed by atoms with Crippen LogP contribution >= 0.6 is 11.3 Å². The van der Waals surface area contributed by atoms with Gasteiger partial charge in [0.05, 0.1) is 23.6 Å². The van der Waals surface area contributed by atoms with Gasteiger partial charge in [0.1, 0.15) is 16.6 Å². The molecule has 1 aromatic carbocycles. The lowest BCUT2D eigenvalue weighted by Crippen LogP contribution is -2.05. The minimum absolute atomic E-state index is 0.0786. The third-order valence-electron chi connectivity index (χ3n) is 3.04. The Morgan fingerprint density at radius 3 is 2.64 bits per heavy atom. The van der Waals surface area contributed by atoms with Crippen LogP contribution in [0.1, 0.15) is 5.69 Å². The Morgan fingerprint density at radius 2 is 2.00 bits per heavy atom. The van der Waals surface area contributed by atoms with Crippen molar-refractivity contribution in [3.8, 4) is 16.3 Å². The molecule has 0 aliphatic carbocycles. The van der Waals surface area contributed by atoms with Gasteiger partial charge in [0.15, 0.2) is 5.69 Å². The number of halogens is 4. The van der Waals surface area contributed by atoms with Gasteiger partial charge in [0, 0.05) is 11.6 Å². The fourth-order valence-electron chi connectivity index (χ4n) is 2.02. The number of hydrogen-bond acceptors (Lipinski definition) is 4. The summed E-state index contributed by atoms with van der Waals surface area (Å²) >= 11 is 0.714. The summed E-state index contributed by atoms with van der Waals surface area (Å²) in [5, 5.41) is 0.887. The van der Waals surface area contributed by atoms with E-state index in [4.69, 9.17) is 4.74 Å². The third kappa shape index (κ3) is 2.39. The second-order valence-corrected chi connectivity index (χ2v) is 5.23. The highest BCUT2D eigenvalue weighted by Gasteiger charge is 2.34. The zero-order valence-corrected chi connectivity index (χ0v) is 11.9. The number of aromatic nitrogens is 2. The number of alkyl halides is 3. The average molecular weight is 328 g/mol. The van der Waals surface area contributed by atoms with E-state index in [9.17, 15) is 17.6 Å². The predicted octanol–water partition coefficient (Wildman–Crippen LogP) is 4.52. The van der Waals surface area contributed by atoms with Gasteiger partial charge in [0.2, 0.25) is 0 Å². The molecule has 8 heteroatoms. The lowest BCUT2D eigenvalue weighted by molar-refractivity contribution is -0.140. The number of pyridine rings is 1. The van der Waals surface area contributed by atoms with E-state index in [2.05, 4.69) is 9.97 Å². The van der Waals surface area contributed by atoms with Crippen LogP contribution < -0.4 is 4.74 Å². The summed E-state index contributed by atoms with van der Waals surface area (Å²) in [4.78, 5) is 7.51. The largest absolute Gasteiger partial charge is 0.496 e. The van der Waals surface area contributed by atoms with Crippen molar-refractivity contribution in [3.05, 3.63) is 41.3 Å². The average Bonchev–Trinajstić information content (AvgIpc) is 2.96. The SMILES string of the molecule is COc1cccc2ncc(-c3nc(C(F)(F)F)cs3)c(F)c12. The Hall–Kier alpha value is -2.22. The number of benzene rings is 1. The predicted molar refractivity (Wildman–Crippen MR) is 74.4 cm³/mol. The second kappa shape index (κ2) is 5.20. The Morgan fingerprint density at radius 1 is 1.23 bits per heavy atom. The van der Waals surface area contributed by atoms with Crippen LogP contribution in [-0.4, -0.2) is 17.1 Å². The van der Waals surface area contributed by atoms with E-state index in [1.807, 2.05) is 0 Å². The molecular weight excluding hydrogens is 320 g/mol. The molecule has 3 aromatic rings. The molecule has 2 heterocycles. The fourth-order valence-corrected chi connectivity index (χ4v) is 2.85. The monoisotopic (exact) mass is 328 g/mol. The van der Waals surface area contributed by atoms with E-state index in [-0.39, 0.29) is 21.7 Å². The molecule has 0 N–H and O–H groups in total. The number of thiazole rings is 1. The first kappa shape index (κ1) is 14.7. The van der Waals surface area contributed by atoms with E-state index < -0.39 is 17.7 Å². The quantitative estimate of drug-likeness (QED) is 0.649. The highest BCUT2D eigenvalue weighted by atomic mass is 32.1. The molecule has 0 unspecified atom stereocenters. The minimum atomic E-state index is -4.56. The first-order chi connectivity index (χ1) is 10.4. The summed E-state index contributed by atoms with van der Waals surface area (Å²) in [7, 11) is 1.38. The van der Waals surface area contributed by atoms with Gasteiger partial charge in [-0.25, -0.2) is 9.37 Å². The highest BCUT2D eigenvalue weighted by molar-refractivity contribution is 7.13. The van der Waals surface area contributed by atoms with Gasteiger partial charge in [-0.15, -0.1) is 11.3 Å². The van der Waals surface area contributed by atoms with Crippen LogP contribution in [0.15, 0.2) is 29.8 Å². The van der Waals surface area contributed by atoms with E-state index in [1.54, 1.807) is 18.2 Å². The van der Waals surface area contributed by atoms with Crippen molar-refractivity contribution in [3.63, 3.8) is 0 Å². The molecule has 22 heavy (non-hydrogen) atoms. The van der Waals surface area contributed by atoms with Crippen LogP contribution in [0.3, 0.4) is 0 Å². The van der Waals surface area contributed by atoms with Crippen LogP contribution in [0, 0.1) is 5.82 Å². The molecule has 0 aliphatic rings. The molecule has 0 saturated heterocycles. The summed E-state index contributed by atoms with van der Waals surface area (Å²) in [6.45, 7) is 0. The van der Waals surface area contributed by atoms with Crippen molar-refractivity contribution in [1.29, 1.82) is 0 Å². The summed E-state index contributed by atoms with van der Waals surface area (Å²) in [6, 6.07) is 4.80. The molecule has 0 aliphatic heterocycles. The first-order valence-corrected chi connectivity index (χ1v) is 6.94. The third-order valence-corrected chi connectivity index (χ3v) is 3.91. The summed E-state index contributed by atoms with van der Waals surface area (Å²) < 4.78 is 57.6. The zero-order chi connectivity index (χ0) is 15.9. The summed E-state index contributed by atoms with van der Waals surface area (Å²) in [5.41, 5.74) is -0.780. The summed E-state index contributed by atoms with van der Waals surface area (Å²) in [5.74, 6) is -0.442. The van der Waals surface area contributed by atoms with Crippen LogP contribution in [-0.2, 0) is 6.18 Å². The van der Waals surface area contributed by atoms with Crippen molar-refractivity contribution in [2.45, 2.75) is 6.18 Å². The maximum atomic E-state index is 14.7. The lowest BCUT2D eigenvalue weighted by Gasteiger charge is -2.08. The van der Waals surface area contributed by atoms with Gasteiger partial charge in [-0.3, -0.25) is 4.98 Å². The normalized spacial score (nSPS) is 11.9. The van der Waals surface area contributed by atoms with Gasteiger partial charge in [-0.1, -0.05) is 6.07 Å². The van der Waals surface area contributed by atoms with Crippen molar-refractivity contribution in [1.82, 2.24) is 9.97 Å². The topological polar surface area (TPSA) is 35.0 Å². The minimum Gasteiger partial charge on any atom is -0.496 e. The van der Waals surface area contributed by atoms with Gasteiger partial charge < -0.3 is 4.74 Å². The molecule has 0 radical (unpaired) electrons. The molecule has 0 spiro atoms. The summed E-state index contributed by atoms with van der Waals surface area (Å²) in [6.07, 6.45) is -3.39. The van der Waals surface area contributed by atoms with Gasteiger partial charge in [0.25, 0.3) is 0 Å². The first-order valence-electron chi connectivity index (χ1n) is 6.06. The standard InChI is InChI=1S/C14H8F4N2OS/c1-21-9-4-2-3-8-11(9)12(15)7(5-19-8)13-20-10(6-22-13)14(16,17)18/h2-6H,1H3.